The van der Waals surface area contributed by atoms with Crippen LogP contribution < -0.4 is 9.64 Å². The summed E-state index contributed by atoms with van der Waals surface area (Å²) in [7, 11) is 2.11. The molecule has 13 heteroatoms. The zero-order chi connectivity index (χ0) is 21.1. The summed E-state index contributed by atoms with van der Waals surface area (Å²) in [6, 6.07) is 2.48. The van der Waals surface area contributed by atoms with Gasteiger partial charge in [0.05, 0.1) is 37.0 Å². The number of halogens is 3. The normalized spacial score (nSPS) is 14.5. The Morgan fingerprint density at radius 3 is 2.39 bits per heavy atom. The molecule has 0 saturated heterocycles. The average Bonchev–Trinajstić information content (AvgIpc) is 2.65. The molecule has 0 radical (unpaired) electrons. The summed E-state index contributed by atoms with van der Waals surface area (Å²) in [5, 5.41) is 11.2. The molecule has 0 fully saturated rings. The molecule has 152 valence electrons. The third-order valence-electron chi connectivity index (χ3n) is 3.51. The van der Waals surface area contributed by atoms with E-state index in [2.05, 4.69) is 14.2 Å². The van der Waals surface area contributed by atoms with Gasteiger partial charge in [-0.25, -0.2) is 9.59 Å². The number of alkyl halides is 3. The van der Waals surface area contributed by atoms with E-state index in [1.807, 2.05) is 0 Å². The van der Waals surface area contributed by atoms with E-state index in [-0.39, 0.29) is 30.3 Å². The van der Waals surface area contributed by atoms with Crippen LogP contribution in [-0.2, 0) is 23.8 Å². The lowest BCUT2D eigenvalue weighted by Crippen LogP contribution is -2.38. The van der Waals surface area contributed by atoms with E-state index in [4.69, 9.17) is 4.74 Å². The van der Waals surface area contributed by atoms with E-state index >= 15 is 0 Å². The summed E-state index contributed by atoms with van der Waals surface area (Å²) in [6.45, 7) is -0.632. The summed E-state index contributed by atoms with van der Waals surface area (Å²) < 4.78 is 55.3. The molecule has 1 aromatic carbocycles. The van der Waals surface area contributed by atoms with E-state index in [0.717, 1.165) is 31.3 Å². The van der Waals surface area contributed by atoms with Gasteiger partial charge in [0.2, 0.25) is 5.75 Å². The highest BCUT2D eigenvalue weighted by atomic mass is 19.4. The van der Waals surface area contributed by atoms with Gasteiger partial charge in [-0.05, 0) is 12.1 Å². The van der Waals surface area contributed by atoms with Crippen molar-refractivity contribution in [3.8, 4) is 5.75 Å². The average molecular weight is 406 g/mol. The monoisotopic (exact) mass is 406 g/mol. The first kappa shape index (κ1) is 21.0. The maximum atomic E-state index is 12.4. The van der Waals surface area contributed by atoms with Crippen molar-refractivity contribution >= 4 is 23.3 Å². The van der Waals surface area contributed by atoms with Gasteiger partial charge in [0, 0.05) is 6.07 Å². The van der Waals surface area contributed by atoms with Crippen molar-refractivity contribution in [2.75, 3.05) is 32.5 Å². The van der Waals surface area contributed by atoms with Gasteiger partial charge in [0.1, 0.15) is 12.4 Å². The lowest BCUT2D eigenvalue weighted by atomic mass is 10.1. The minimum absolute atomic E-state index is 0.109. The zero-order valence-electron chi connectivity index (χ0n) is 14.4. The van der Waals surface area contributed by atoms with Crippen molar-refractivity contribution in [3.05, 3.63) is 39.6 Å². The van der Waals surface area contributed by atoms with E-state index in [1.54, 1.807) is 0 Å². The maximum absolute atomic E-state index is 12.4. The van der Waals surface area contributed by atoms with Crippen LogP contribution in [0.1, 0.15) is 0 Å². The number of methoxy groups -OCH3 is 2. The Hall–Kier alpha value is -3.35. The fraction of sp³-hybridized carbons (Fsp3) is 0.333. The smallest absolute Gasteiger partial charge is 0.466 e. The number of nitro groups is 1. The first-order valence-corrected chi connectivity index (χ1v) is 7.38. The largest absolute Gasteiger partial charge is 0.573 e. The Balaban J connectivity index is 2.58. The molecule has 0 saturated carbocycles. The van der Waals surface area contributed by atoms with Gasteiger partial charge in [0.15, 0.2) is 0 Å². The summed E-state index contributed by atoms with van der Waals surface area (Å²) in [6.07, 6.45) is -5.14. The zero-order valence-corrected chi connectivity index (χ0v) is 14.4. The molecule has 0 N–H and O–H groups in total. The number of ether oxygens (including phenoxy) is 4. The molecular weight excluding hydrogens is 393 g/mol. The fourth-order valence-corrected chi connectivity index (χ4v) is 2.37. The molecule has 0 amide bonds. The van der Waals surface area contributed by atoms with Crippen molar-refractivity contribution in [3.63, 3.8) is 0 Å². The molecule has 0 unspecified atom stereocenters. The minimum atomic E-state index is -5.14. The number of hydrogen-bond donors (Lipinski definition) is 0. The second-order valence-electron chi connectivity index (χ2n) is 5.17. The second-order valence-corrected chi connectivity index (χ2v) is 5.17. The van der Waals surface area contributed by atoms with Crippen molar-refractivity contribution in [1.29, 1.82) is 0 Å². The lowest BCUT2D eigenvalue weighted by molar-refractivity contribution is -0.388. The van der Waals surface area contributed by atoms with Gasteiger partial charge in [-0.15, -0.1) is 13.2 Å². The lowest BCUT2D eigenvalue weighted by Gasteiger charge is -2.31. The number of carbonyl (C=O) groups excluding carboxylic acids is 2. The number of esters is 2. The van der Waals surface area contributed by atoms with Crippen LogP contribution in [0.2, 0.25) is 0 Å². The molecule has 0 bridgehead atoms. The molecule has 0 aromatic heterocycles. The summed E-state index contributed by atoms with van der Waals surface area (Å²) in [4.78, 5) is 35.2. The topological polar surface area (TPSA) is 117 Å². The fourth-order valence-electron chi connectivity index (χ4n) is 2.37. The highest BCUT2D eigenvalue weighted by molar-refractivity contribution is 6.03. The Kier molecular flexibility index (Phi) is 6.08. The molecule has 1 aliphatic rings. The Labute approximate surface area is 155 Å². The first-order chi connectivity index (χ1) is 13.1. The van der Waals surface area contributed by atoms with Gasteiger partial charge >= 0.3 is 24.0 Å². The van der Waals surface area contributed by atoms with Crippen molar-refractivity contribution in [2.24, 2.45) is 0 Å². The number of anilines is 1. The molecule has 28 heavy (non-hydrogen) atoms. The second kappa shape index (κ2) is 8.12. The van der Waals surface area contributed by atoms with Gasteiger partial charge in [0.25, 0.3) is 0 Å². The van der Waals surface area contributed by atoms with E-state index in [1.165, 1.54) is 0 Å². The molecular formula is C15H13F3N2O8. The summed E-state index contributed by atoms with van der Waals surface area (Å²) in [5.41, 5.74) is -1.66. The third kappa shape index (κ3) is 4.49. The van der Waals surface area contributed by atoms with E-state index in [0.29, 0.717) is 6.07 Å². The molecule has 0 aliphatic carbocycles. The maximum Gasteiger partial charge on any atom is 0.573 e. The quantitative estimate of drug-likeness (QED) is 0.410. The Morgan fingerprint density at radius 2 is 1.86 bits per heavy atom. The highest BCUT2D eigenvalue weighted by Crippen LogP contribution is 2.37. The van der Waals surface area contributed by atoms with Gasteiger partial charge in [-0.1, -0.05) is 0 Å². The molecule has 1 aromatic rings. The van der Waals surface area contributed by atoms with Crippen LogP contribution >= 0.6 is 0 Å². The minimum Gasteiger partial charge on any atom is -0.466 e. The number of hydrogen-bond acceptors (Lipinski definition) is 9. The van der Waals surface area contributed by atoms with Gasteiger partial charge < -0.3 is 23.8 Å². The number of carbonyl (C=O) groups is 2. The van der Waals surface area contributed by atoms with Crippen molar-refractivity contribution in [2.45, 2.75) is 6.36 Å². The van der Waals surface area contributed by atoms with E-state index in [9.17, 15) is 32.9 Å². The predicted molar refractivity (Wildman–Crippen MR) is 84.1 cm³/mol. The number of nitro benzene ring substituents is 1. The Bertz CT molecular complexity index is 837. The molecule has 1 aliphatic heterocycles. The number of rotatable bonds is 5. The van der Waals surface area contributed by atoms with Gasteiger partial charge in [-0.2, -0.15) is 0 Å². The van der Waals surface area contributed by atoms with Crippen LogP contribution in [0.25, 0.3) is 0 Å². The van der Waals surface area contributed by atoms with Crippen molar-refractivity contribution < 1.29 is 46.6 Å². The first-order valence-electron chi connectivity index (χ1n) is 7.38. The molecule has 1 heterocycles. The van der Waals surface area contributed by atoms with Crippen LogP contribution in [0.4, 0.5) is 24.5 Å². The van der Waals surface area contributed by atoms with E-state index < -0.39 is 34.7 Å². The highest BCUT2D eigenvalue weighted by Gasteiger charge is 2.36. The predicted octanol–water partition coefficient (Wildman–Crippen LogP) is 1.89. The molecule has 2 rings (SSSR count). The van der Waals surface area contributed by atoms with Crippen LogP contribution in [0.5, 0.6) is 5.75 Å². The molecule has 0 atom stereocenters. The standard InChI is InChI=1S/C15H13F3N2O8/c1-25-13(21)9-6-27-7-19(12(9)14(22)26-2)8-3-4-11(28-15(16,17)18)10(5-8)20(23)24/h3-5H,6-7H2,1-2H3. The molecule has 10 nitrogen and oxygen atoms in total. The molecule has 0 spiro atoms. The van der Waals surface area contributed by atoms with Crippen LogP contribution in [0, 0.1) is 10.1 Å². The summed E-state index contributed by atoms with van der Waals surface area (Å²) in [5.74, 6) is -2.92. The number of nitrogens with zero attached hydrogens (tertiary/aromatic N) is 2. The third-order valence-corrected chi connectivity index (χ3v) is 3.51. The Morgan fingerprint density at radius 1 is 1.21 bits per heavy atom. The number of benzene rings is 1. The van der Waals surface area contributed by atoms with Crippen LogP contribution in [0.15, 0.2) is 29.5 Å². The summed E-state index contributed by atoms with van der Waals surface area (Å²) >= 11 is 0. The van der Waals surface area contributed by atoms with Gasteiger partial charge in [-0.3, -0.25) is 10.1 Å². The SMILES string of the molecule is COC(=O)C1=C(C(=O)OC)N(c2ccc(OC(F)(F)F)c([N+](=O)[O-])c2)COC1. The van der Waals surface area contributed by atoms with Crippen molar-refractivity contribution in [1.82, 2.24) is 0 Å². The van der Waals surface area contributed by atoms with Crippen LogP contribution in [-0.4, -0.2) is 50.8 Å². The van der Waals surface area contributed by atoms with Crippen LogP contribution in [0.3, 0.4) is 0 Å².